The molecule has 4 amide bonds. The van der Waals surface area contributed by atoms with Crippen LogP contribution in [-0.4, -0.2) is 103 Å². The van der Waals surface area contributed by atoms with Gasteiger partial charge in [0.2, 0.25) is 11.8 Å². The minimum Gasteiger partial charge on any atom is -0.616 e. The van der Waals surface area contributed by atoms with E-state index in [-0.39, 0.29) is 60.6 Å². The van der Waals surface area contributed by atoms with Crippen LogP contribution in [0.5, 0.6) is 5.75 Å². The third-order valence-electron chi connectivity index (χ3n) is 9.81. The topological polar surface area (TPSA) is 162 Å². The Morgan fingerprint density at radius 1 is 0.981 bits per heavy atom. The molecule has 2 aliphatic heterocycles. The molecular formula is C39H52FN7O6S. The smallest absolute Gasteiger partial charge is 0.255 e. The number of rotatable bonds is 4. The molecule has 292 valence electrons. The fourth-order valence-corrected chi connectivity index (χ4v) is 8.08. The highest BCUT2D eigenvalue weighted by molar-refractivity contribution is 7.91. The summed E-state index contributed by atoms with van der Waals surface area (Å²) in [5, 5.41) is 14.2. The van der Waals surface area contributed by atoms with E-state index in [1.807, 2.05) is 44.2 Å². The lowest BCUT2D eigenvalue weighted by atomic mass is 10.00. The number of carbonyl (C=O) groups excluding carboxylic acids is 4. The molecule has 54 heavy (non-hydrogen) atoms. The normalized spacial score (nSPS) is 23.2. The first-order valence-corrected chi connectivity index (χ1v) is 20.3. The van der Waals surface area contributed by atoms with Gasteiger partial charge in [0.1, 0.15) is 47.5 Å². The van der Waals surface area contributed by atoms with Crippen LogP contribution in [-0.2, 0) is 45.1 Å². The minimum absolute atomic E-state index is 0.0219. The first-order chi connectivity index (χ1) is 26.0. The monoisotopic (exact) mass is 765 g/mol. The zero-order chi connectivity index (χ0) is 38.6. The Morgan fingerprint density at radius 3 is 2.48 bits per heavy atom. The van der Waals surface area contributed by atoms with E-state index in [4.69, 9.17) is 4.74 Å². The van der Waals surface area contributed by atoms with E-state index in [1.165, 1.54) is 15.9 Å². The number of benzene rings is 2. The molecule has 3 aromatic rings. The Hall–Kier alpha value is -4.50. The number of amides is 4. The molecule has 2 aromatic carbocycles. The van der Waals surface area contributed by atoms with Crippen molar-refractivity contribution >= 4 is 34.8 Å². The number of likely N-dealkylation sites (N-methyl/N-ethyl adjacent to an activating group) is 1. The highest BCUT2D eigenvalue weighted by Crippen LogP contribution is 2.24. The van der Waals surface area contributed by atoms with Gasteiger partial charge in [-0.05, 0) is 54.1 Å². The number of aryl methyl sites for hydroxylation is 1. The van der Waals surface area contributed by atoms with E-state index in [1.54, 1.807) is 17.9 Å². The fourth-order valence-electron chi connectivity index (χ4n) is 6.84. The van der Waals surface area contributed by atoms with Gasteiger partial charge in [-0.2, -0.15) is 0 Å². The summed E-state index contributed by atoms with van der Waals surface area (Å²) in [6.07, 6.45) is 7.89. The van der Waals surface area contributed by atoms with E-state index in [9.17, 15) is 28.1 Å². The standard InChI is InChI=1S/C39H52FN7O6S/c1-27(2)21-32-38(50)47-19-20-54(52)26-34(47)39(51)45(3)33(22-28-13-9-8-10-14-28)37(49)41-17-11-6-4-5-7-12-18-46-24-30(43-44-46)25-53-35-23-29(40)15-16-31(35)36(48)42-32/h8-10,13-16,23-24,27,32-34H,4-7,11-12,17-22,25-26H2,1-3H3,(H,41,49)(H,42,48)/t32-,33+,34-,54?/m1/s1. The van der Waals surface area contributed by atoms with Gasteiger partial charge in [-0.15, -0.1) is 5.10 Å². The molecule has 2 bridgehead atoms. The first kappa shape index (κ1) is 40.7. The van der Waals surface area contributed by atoms with Gasteiger partial charge in [0.15, 0.2) is 6.04 Å². The van der Waals surface area contributed by atoms with Crippen molar-refractivity contribution in [1.82, 2.24) is 35.4 Å². The number of nitrogens with zero attached hydrogens (tertiary/aromatic N) is 5. The summed E-state index contributed by atoms with van der Waals surface area (Å²) in [5.41, 5.74) is 1.40. The Labute approximate surface area is 319 Å². The minimum atomic E-state index is -1.39. The third-order valence-corrected chi connectivity index (χ3v) is 11.1. The maximum atomic E-state index is 14.5. The molecule has 13 nitrogen and oxygen atoms in total. The molecule has 2 aliphatic rings. The highest BCUT2D eigenvalue weighted by atomic mass is 32.2. The fraction of sp³-hybridized carbons (Fsp3) is 0.538. The number of hydrogen-bond acceptors (Lipinski definition) is 8. The molecule has 0 saturated carbocycles. The van der Waals surface area contributed by atoms with Crippen LogP contribution >= 0.6 is 0 Å². The van der Waals surface area contributed by atoms with Crippen LogP contribution in [0.1, 0.15) is 80.4 Å². The second-order valence-electron chi connectivity index (χ2n) is 14.5. The molecule has 5 rings (SSSR count). The van der Waals surface area contributed by atoms with Gasteiger partial charge >= 0.3 is 0 Å². The summed E-state index contributed by atoms with van der Waals surface area (Å²) in [4.78, 5) is 59.1. The first-order valence-electron chi connectivity index (χ1n) is 18.9. The van der Waals surface area contributed by atoms with E-state index in [0.29, 0.717) is 18.8 Å². The Kier molecular flexibility index (Phi) is 14.9. The molecule has 4 atom stereocenters. The Balaban J connectivity index is 1.44. The number of fused-ring (bicyclic) bond motifs is 4. The predicted molar refractivity (Wildman–Crippen MR) is 202 cm³/mol. The van der Waals surface area contributed by atoms with Crippen molar-refractivity contribution in [2.45, 2.75) is 96.5 Å². The number of aromatic nitrogens is 3. The maximum absolute atomic E-state index is 14.5. The van der Waals surface area contributed by atoms with E-state index in [0.717, 1.165) is 56.2 Å². The van der Waals surface area contributed by atoms with Gasteiger partial charge in [0, 0.05) is 32.6 Å². The van der Waals surface area contributed by atoms with Gasteiger partial charge < -0.3 is 29.7 Å². The Bertz CT molecular complexity index is 1730. The lowest BCUT2D eigenvalue weighted by Gasteiger charge is -2.40. The summed E-state index contributed by atoms with van der Waals surface area (Å²) in [5.74, 6) is -2.58. The number of halogens is 1. The number of ether oxygens (including phenoxy) is 1. The predicted octanol–water partition coefficient (Wildman–Crippen LogP) is 3.64. The van der Waals surface area contributed by atoms with E-state index < -0.39 is 52.8 Å². The molecule has 0 aliphatic carbocycles. The highest BCUT2D eigenvalue weighted by Gasteiger charge is 2.44. The summed E-state index contributed by atoms with van der Waals surface area (Å²) >= 11 is -1.39. The average molecular weight is 766 g/mol. The molecule has 3 heterocycles. The lowest BCUT2D eigenvalue weighted by Crippen LogP contribution is -2.63. The summed E-state index contributed by atoms with van der Waals surface area (Å²) < 4.78 is 35.0. The summed E-state index contributed by atoms with van der Waals surface area (Å²) in [6, 6.07) is 9.89. The second kappa shape index (κ2) is 19.7. The largest absolute Gasteiger partial charge is 0.616 e. The van der Waals surface area contributed by atoms with Crippen LogP contribution in [0.2, 0.25) is 0 Å². The van der Waals surface area contributed by atoms with Gasteiger partial charge in [-0.3, -0.25) is 23.9 Å². The zero-order valence-corrected chi connectivity index (χ0v) is 32.2. The molecule has 1 aromatic heterocycles. The quantitative estimate of drug-likeness (QED) is 0.381. The lowest BCUT2D eigenvalue weighted by molar-refractivity contribution is -0.148. The SMILES string of the molecule is CC(C)C[C@H]1NC(=O)c2ccc(F)cc2OCc2cn(nn2)CCCCCCCCNC(=O)[C@H](Cc2ccccc2)N(C)C(=O)[C@H]2C[S+]([O-])CCN2C1=O. The van der Waals surface area contributed by atoms with Crippen LogP contribution in [0, 0.1) is 11.7 Å². The molecule has 1 fully saturated rings. The molecule has 0 radical (unpaired) electrons. The van der Waals surface area contributed by atoms with Crippen LogP contribution < -0.4 is 15.4 Å². The third kappa shape index (κ3) is 11.3. The zero-order valence-electron chi connectivity index (χ0n) is 31.4. The van der Waals surface area contributed by atoms with Crippen LogP contribution in [0.25, 0.3) is 0 Å². The van der Waals surface area contributed by atoms with Crippen LogP contribution in [0.4, 0.5) is 4.39 Å². The summed E-state index contributed by atoms with van der Waals surface area (Å²) in [7, 11) is 1.55. The van der Waals surface area contributed by atoms with Crippen molar-refractivity contribution in [2.75, 3.05) is 31.6 Å². The van der Waals surface area contributed by atoms with E-state index in [2.05, 4.69) is 20.9 Å². The van der Waals surface area contributed by atoms with Crippen molar-refractivity contribution in [2.24, 2.45) is 5.92 Å². The van der Waals surface area contributed by atoms with Crippen LogP contribution in [0.15, 0.2) is 54.7 Å². The van der Waals surface area contributed by atoms with Crippen molar-refractivity contribution in [1.29, 1.82) is 0 Å². The molecular weight excluding hydrogens is 714 g/mol. The molecule has 15 heteroatoms. The number of hydrogen-bond donors (Lipinski definition) is 2. The van der Waals surface area contributed by atoms with Crippen molar-refractivity contribution in [3.63, 3.8) is 0 Å². The van der Waals surface area contributed by atoms with Crippen molar-refractivity contribution in [3.8, 4) is 5.75 Å². The van der Waals surface area contributed by atoms with Gasteiger partial charge in [-0.25, -0.2) is 4.39 Å². The second-order valence-corrected chi connectivity index (χ2v) is 16.1. The Morgan fingerprint density at radius 2 is 1.72 bits per heavy atom. The van der Waals surface area contributed by atoms with E-state index >= 15 is 0 Å². The number of carbonyl (C=O) groups is 4. The molecule has 0 spiro atoms. The van der Waals surface area contributed by atoms with Gasteiger partial charge in [0.25, 0.3) is 11.8 Å². The summed E-state index contributed by atoms with van der Waals surface area (Å²) in [6.45, 7) is 4.92. The van der Waals surface area contributed by atoms with Crippen molar-refractivity contribution < 1.29 is 32.9 Å². The van der Waals surface area contributed by atoms with Crippen molar-refractivity contribution in [3.05, 3.63) is 77.4 Å². The van der Waals surface area contributed by atoms with Gasteiger partial charge in [-0.1, -0.05) is 75.1 Å². The average Bonchev–Trinajstić information content (AvgIpc) is 3.61. The molecule has 1 saturated heterocycles. The molecule has 1 unspecified atom stereocenters. The van der Waals surface area contributed by atoms with Crippen LogP contribution in [0.3, 0.4) is 0 Å². The van der Waals surface area contributed by atoms with Gasteiger partial charge in [0.05, 0.1) is 18.3 Å². The maximum Gasteiger partial charge on any atom is 0.255 e. The number of nitrogens with one attached hydrogen (secondary N) is 2. The molecule has 2 N–H and O–H groups in total.